The molecule has 76 valence electrons. The van der Waals surface area contributed by atoms with Crippen molar-refractivity contribution >= 4 is 33.8 Å². The summed E-state index contributed by atoms with van der Waals surface area (Å²) in [5.74, 6) is 0.0724. The topological polar surface area (TPSA) is 30.0 Å². The molecule has 0 aromatic carbocycles. The molecule has 6 heteroatoms. The molecule has 0 fully saturated rings. The highest BCUT2D eigenvalue weighted by Crippen LogP contribution is 2.29. The number of carbonyl (C=O) groups is 1. The summed E-state index contributed by atoms with van der Waals surface area (Å²) in [6, 6.07) is 1.26. The Morgan fingerprint density at radius 3 is 2.71 bits per heavy atom. The Labute approximate surface area is 92.4 Å². The smallest absolute Gasteiger partial charge is 0.267 e. The fourth-order valence-corrected chi connectivity index (χ4v) is 1.74. The zero-order valence-corrected chi connectivity index (χ0v) is 9.15. The quantitative estimate of drug-likeness (QED) is 0.484. The molecule has 0 aliphatic carbocycles. The molecule has 0 bridgehead atoms. The Kier molecular flexibility index (Phi) is 3.95. The molecule has 0 N–H and O–H groups in total. The van der Waals surface area contributed by atoms with E-state index in [0.29, 0.717) is 12.0 Å². The van der Waals surface area contributed by atoms with Crippen LogP contribution in [-0.4, -0.2) is 11.3 Å². The van der Waals surface area contributed by atoms with E-state index in [4.69, 9.17) is 11.6 Å². The predicted molar refractivity (Wildman–Crippen MR) is 51.8 cm³/mol. The molecule has 14 heavy (non-hydrogen) atoms. The number of pyridine rings is 1. The van der Waals surface area contributed by atoms with Gasteiger partial charge in [-0.2, -0.15) is 0 Å². The van der Waals surface area contributed by atoms with Gasteiger partial charge in [0.05, 0.1) is 17.1 Å². The van der Waals surface area contributed by atoms with Crippen LogP contribution in [0.15, 0.2) is 10.7 Å². The Hall–Kier alpha value is -0.550. The number of hydrogen-bond donors (Lipinski definition) is 0. The van der Waals surface area contributed by atoms with Crippen LogP contribution >= 0.6 is 27.5 Å². The maximum Gasteiger partial charge on any atom is 0.267 e. The molecule has 1 aromatic rings. The lowest BCUT2D eigenvalue weighted by Gasteiger charge is -2.07. The Morgan fingerprint density at radius 1 is 1.64 bits per heavy atom. The van der Waals surface area contributed by atoms with Crippen LogP contribution in [0.3, 0.4) is 0 Å². The van der Waals surface area contributed by atoms with Crippen molar-refractivity contribution in [1.82, 2.24) is 4.98 Å². The zero-order valence-electron chi connectivity index (χ0n) is 6.81. The molecule has 0 unspecified atom stereocenters. The zero-order chi connectivity index (χ0) is 10.7. The average Bonchev–Trinajstić information content (AvgIpc) is 2.15. The first-order chi connectivity index (χ1) is 6.60. The van der Waals surface area contributed by atoms with E-state index in [0.717, 1.165) is 0 Å². The molecule has 0 amide bonds. The maximum atomic E-state index is 12.4. The molecule has 2 nitrogen and oxygen atoms in total. The van der Waals surface area contributed by atoms with Crippen molar-refractivity contribution in [3.8, 4) is 0 Å². The lowest BCUT2D eigenvalue weighted by atomic mass is 10.1. The van der Waals surface area contributed by atoms with Gasteiger partial charge < -0.3 is 0 Å². The molecule has 0 saturated carbocycles. The lowest BCUT2D eigenvalue weighted by Crippen LogP contribution is -2.00. The minimum absolute atomic E-state index is 0.0345. The minimum Gasteiger partial charge on any atom is -0.298 e. The first-order valence-corrected chi connectivity index (χ1v) is 4.91. The maximum absolute atomic E-state index is 12.4. The standard InChI is InChI=1S/C8H5BrClF2NO/c9-7-6(8(11)12)4(3-14)1-5(2-10)13-7/h1,3,8H,2H2. The number of carbonyl (C=O) groups excluding carboxylic acids is 1. The summed E-state index contributed by atoms with van der Waals surface area (Å²) in [5, 5.41) is 0. The van der Waals surface area contributed by atoms with E-state index in [2.05, 4.69) is 20.9 Å². The summed E-state index contributed by atoms with van der Waals surface area (Å²) in [4.78, 5) is 14.3. The Balaban J connectivity index is 3.34. The van der Waals surface area contributed by atoms with Crippen LogP contribution in [0.25, 0.3) is 0 Å². The van der Waals surface area contributed by atoms with Crippen molar-refractivity contribution in [2.24, 2.45) is 0 Å². The molecule has 0 saturated heterocycles. The van der Waals surface area contributed by atoms with E-state index < -0.39 is 12.0 Å². The highest BCUT2D eigenvalue weighted by atomic mass is 79.9. The number of rotatable bonds is 3. The van der Waals surface area contributed by atoms with Crippen molar-refractivity contribution in [1.29, 1.82) is 0 Å². The van der Waals surface area contributed by atoms with Gasteiger partial charge in [0.15, 0.2) is 6.29 Å². The number of aromatic nitrogens is 1. The van der Waals surface area contributed by atoms with Crippen LogP contribution in [0.2, 0.25) is 0 Å². The van der Waals surface area contributed by atoms with Gasteiger partial charge in [-0.15, -0.1) is 11.6 Å². The van der Waals surface area contributed by atoms with Crippen molar-refractivity contribution in [3.05, 3.63) is 27.5 Å². The second-order valence-electron chi connectivity index (χ2n) is 2.46. The Morgan fingerprint density at radius 2 is 2.29 bits per heavy atom. The van der Waals surface area contributed by atoms with Gasteiger partial charge >= 0.3 is 0 Å². The molecule has 1 aromatic heterocycles. The lowest BCUT2D eigenvalue weighted by molar-refractivity contribution is 0.110. The van der Waals surface area contributed by atoms with Gasteiger partial charge in [-0.1, -0.05) is 0 Å². The molecule has 0 aliphatic rings. The highest BCUT2D eigenvalue weighted by Gasteiger charge is 2.18. The molecule has 0 aliphatic heterocycles. The van der Waals surface area contributed by atoms with E-state index in [1.54, 1.807) is 0 Å². The van der Waals surface area contributed by atoms with Gasteiger partial charge in [0.1, 0.15) is 4.60 Å². The third kappa shape index (κ3) is 2.27. The van der Waals surface area contributed by atoms with Crippen molar-refractivity contribution in [2.75, 3.05) is 0 Å². The van der Waals surface area contributed by atoms with Crippen molar-refractivity contribution < 1.29 is 13.6 Å². The van der Waals surface area contributed by atoms with Gasteiger partial charge in [-0.25, -0.2) is 13.8 Å². The van der Waals surface area contributed by atoms with Crippen molar-refractivity contribution in [2.45, 2.75) is 12.3 Å². The highest BCUT2D eigenvalue weighted by molar-refractivity contribution is 9.10. The molecular formula is C8H5BrClF2NO. The summed E-state index contributed by atoms with van der Waals surface area (Å²) < 4.78 is 24.9. The molecule has 0 radical (unpaired) electrons. The molecule has 1 rings (SSSR count). The second kappa shape index (κ2) is 4.79. The van der Waals surface area contributed by atoms with E-state index >= 15 is 0 Å². The number of aldehydes is 1. The van der Waals surface area contributed by atoms with Crippen LogP contribution in [0.5, 0.6) is 0 Å². The first-order valence-electron chi connectivity index (χ1n) is 3.58. The van der Waals surface area contributed by atoms with E-state index in [9.17, 15) is 13.6 Å². The fraction of sp³-hybridized carbons (Fsp3) is 0.250. The number of hydrogen-bond acceptors (Lipinski definition) is 2. The summed E-state index contributed by atoms with van der Waals surface area (Å²) >= 11 is 8.34. The van der Waals surface area contributed by atoms with Crippen LogP contribution in [0, 0.1) is 0 Å². The fourth-order valence-electron chi connectivity index (χ4n) is 0.977. The predicted octanol–water partition coefficient (Wildman–Crippen LogP) is 3.33. The second-order valence-corrected chi connectivity index (χ2v) is 3.48. The summed E-state index contributed by atoms with van der Waals surface area (Å²) in [7, 11) is 0. The third-order valence-electron chi connectivity index (χ3n) is 1.58. The van der Waals surface area contributed by atoms with E-state index in [1.807, 2.05) is 0 Å². The number of halogens is 4. The van der Waals surface area contributed by atoms with Gasteiger partial charge in [-0.05, 0) is 22.0 Å². The first kappa shape index (κ1) is 11.5. The SMILES string of the molecule is O=Cc1cc(CCl)nc(Br)c1C(F)F. The normalized spacial score (nSPS) is 10.6. The summed E-state index contributed by atoms with van der Waals surface area (Å²) in [6.07, 6.45) is -2.37. The minimum atomic E-state index is -2.73. The monoisotopic (exact) mass is 283 g/mol. The van der Waals surface area contributed by atoms with Gasteiger partial charge in [-0.3, -0.25) is 4.79 Å². The number of alkyl halides is 3. The van der Waals surface area contributed by atoms with Crippen molar-refractivity contribution in [3.63, 3.8) is 0 Å². The molecular weight excluding hydrogens is 279 g/mol. The largest absolute Gasteiger partial charge is 0.298 e. The van der Waals surface area contributed by atoms with E-state index in [-0.39, 0.29) is 16.0 Å². The molecule has 1 heterocycles. The molecule has 0 spiro atoms. The van der Waals surface area contributed by atoms with E-state index in [1.165, 1.54) is 6.07 Å². The van der Waals surface area contributed by atoms with Gasteiger partial charge in [0.25, 0.3) is 6.43 Å². The average molecular weight is 284 g/mol. The van der Waals surface area contributed by atoms with Crippen LogP contribution in [-0.2, 0) is 5.88 Å². The summed E-state index contributed by atoms with van der Waals surface area (Å²) in [5.41, 5.74) is -0.101. The van der Waals surface area contributed by atoms with Gasteiger partial charge in [0, 0.05) is 5.56 Å². The third-order valence-corrected chi connectivity index (χ3v) is 2.46. The summed E-state index contributed by atoms with van der Waals surface area (Å²) in [6.45, 7) is 0. The van der Waals surface area contributed by atoms with Crippen LogP contribution in [0.1, 0.15) is 28.0 Å². The van der Waals surface area contributed by atoms with Crippen LogP contribution < -0.4 is 0 Å². The van der Waals surface area contributed by atoms with Gasteiger partial charge in [0.2, 0.25) is 0 Å². The number of nitrogens with zero attached hydrogens (tertiary/aromatic N) is 1. The van der Waals surface area contributed by atoms with Crippen LogP contribution in [0.4, 0.5) is 8.78 Å². The Bertz CT molecular complexity index is 359. The molecule has 0 atom stereocenters.